The summed E-state index contributed by atoms with van der Waals surface area (Å²) in [5, 5.41) is 6.04. The van der Waals surface area contributed by atoms with Crippen molar-refractivity contribution in [1.29, 1.82) is 0 Å². The van der Waals surface area contributed by atoms with Gasteiger partial charge in [0.25, 0.3) is 0 Å². The van der Waals surface area contributed by atoms with E-state index in [4.69, 9.17) is 9.73 Å². The number of amides is 2. The number of carbonyl (C=O) groups is 2. The van der Waals surface area contributed by atoms with Crippen molar-refractivity contribution in [3.05, 3.63) is 137 Å². The van der Waals surface area contributed by atoms with Crippen molar-refractivity contribution in [2.24, 2.45) is 10.4 Å². The molecule has 4 aromatic rings. The molecule has 0 saturated carbocycles. The van der Waals surface area contributed by atoms with Crippen LogP contribution >= 0.6 is 0 Å². The van der Waals surface area contributed by atoms with Crippen LogP contribution in [0.2, 0.25) is 0 Å². The molecule has 0 saturated heterocycles. The number of aryl methyl sites for hydroxylation is 3. The molecule has 0 aliphatic carbocycles. The SMILES string of the molecule is Cc1ccc(C)c(CCCCC(C)(C)C(=O)Nc2ccc([C@@H](CNC(=O)OC(C)(C)C)N=C(c3ccccc3)c3ccccc3)cc2)c1. The smallest absolute Gasteiger partial charge is 0.407 e. The molecule has 0 aliphatic heterocycles. The summed E-state index contributed by atoms with van der Waals surface area (Å²) in [7, 11) is 0. The molecule has 0 heterocycles. The number of nitrogens with one attached hydrogen (secondary N) is 2. The summed E-state index contributed by atoms with van der Waals surface area (Å²) in [6.07, 6.45) is 3.35. The molecular weight excluding hydrogens is 594 g/mol. The number of anilines is 1. The molecule has 2 amide bonds. The standard InChI is InChI=1S/C42H51N3O3/c1-30-21-22-31(2)35(28-30)20-14-15-27-42(6,7)39(46)44-36-25-23-32(24-26-36)37(29-43-40(47)48-41(3,4)5)45-38(33-16-10-8-11-17-33)34-18-12-9-13-19-34/h8-13,16-19,21-26,28,37H,14-15,20,27,29H2,1-7H3,(H,43,47)(H,44,46)/t37-/m1/s1. The monoisotopic (exact) mass is 645 g/mol. The first-order valence-electron chi connectivity index (χ1n) is 16.9. The topological polar surface area (TPSA) is 79.8 Å². The Bertz CT molecular complexity index is 1630. The molecule has 0 fully saturated rings. The molecular formula is C42H51N3O3. The molecule has 4 aromatic carbocycles. The molecule has 6 heteroatoms. The van der Waals surface area contributed by atoms with Crippen LogP contribution in [-0.2, 0) is 16.0 Å². The van der Waals surface area contributed by atoms with E-state index < -0.39 is 23.2 Å². The van der Waals surface area contributed by atoms with Crippen LogP contribution in [0.25, 0.3) is 0 Å². The number of ether oxygens (including phenoxy) is 1. The number of aliphatic imine (C=N–C) groups is 1. The molecule has 0 spiro atoms. The molecule has 0 bridgehead atoms. The summed E-state index contributed by atoms with van der Waals surface area (Å²) in [6, 6.07) is 34.0. The molecule has 0 unspecified atom stereocenters. The number of carbonyl (C=O) groups excluding carboxylic acids is 2. The van der Waals surface area contributed by atoms with E-state index in [2.05, 4.69) is 42.7 Å². The first kappa shape index (κ1) is 36.1. The highest BCUT2D eigenvalue weighted by Crippen LogP contribution is 2.28. The molecule has 1 atom stereocenters. The number of hydrogen-bond acceptors (Lipinski definition) is 4. The summed E-state index contributed by atoms with van der Waals surface area (Å²) in [4.78, 5) is 31.2. The summed E-state index contributed by atoms with van der Waals surface area (Å²) in [6.45, 7) is 14.1. The minimum absolute atomic E-state index is 0.00130. The van der Waals surface area contributed by atoms with Gasteiger partial charge in [-0.25, -0.2) is 4.79 Å². The fourth-order valence-corrected chi connectivity index (χ4v) is 5.55. The number of rotatable bonds is 13. The zero-order valence-electron chi connectivity index (χ0n) is 29.6. The third kappa shape index (κ3) is 10.9. The lowest BCUT2D eigenvalue weighted by Gasteiger charge is -2.24. The zero-order chi connectivity index (χ0) is 34.7. The Kier molecular flexibility index (Phi) is 12.4. The maximum absolute atomic E-state index is 13.4. The van der Waals surface area contributed by atoms with Crippen molar-refractivity contribution in [2.75, 3.05) is 11.9 Å². The lowest BCUT2D eigenvalue weighted by molar-refractivity contribution is -0.124. The first-order valence-corrected chi connectivity index (χ1v) is 16.9. The largest absolute Gasteiger partial charge is 0.444 e. The number of alkyl carbamates (subject to hydrolysis) is 1. The molecule has 252 valence electrons. The van der Waals surface area contributed by atoms with Gasteiger partial charge in [-0.3, -0.25) is 9.79 Å². The van der Waals surface area contributed by atoms with Gasteiger partial charge in [0.2, 0.25) is 5.91 Å². The fraction of sp³-hybridized carbons (Fsp3) is 0.357. The molecule has 48 heavy (non-hydrogen) atoms. The second kappa shape index (κ2) is 16.4. The van der Waals surface area contributed by atoms with Crippen LogP contribution in [0.5, 0.6) is 0 Å². The van der Waals surface area contributed by atoms with Gasteiger partial charge >= 0.3 is 6.09 Å². The molecule has 0 aromatic heterocycles. The van der Waals surface area contributed by atoms with Gasteiger partial charge in [0.05, 0.1) is 11.8 Å². The van der Waals surface area contributed by atoms with Crippen LogP contribution in [0.3, 0.4) is 0 Å². The van der Waals surface area contributed by atoms with Gasteiger partial charge in [0.15, 0.2) is 0 Å². The van der Waals surface area contributed by atoms with Crippen LogP contribution in [0, 0.1) is 19.3 Å². The number of hydrogen-bond donors (Lipinski definition) is 2. The maximum atomic E-state index is 13.4. The minimum atomic E-state index is -0.615. The Morgan fingerprint density at radius 1 is 0.771 bits per heavy atom. The average Bonchev–Trinajstić information content (AvgIpc) is 3.05. The second-order valence-corrected chi connectivity index (χ2v) is 14.2. The predicted molar refractivity (Wildman–Crippen MR) is 198 cm³/mol. The lowest BCUT2D eigenvalue weighted by atomic mass is 9.85. The van der Waals surface area contributed by atoms with Gasteiger partial charge < -0.3 is 15.4 Å². The molecule has 4 rings (SSSR count). The average molecular weight is 646 g/mol. The summed E-state index contributed by atoms with van der Waals surface area (Å²) in [5.41, 5.74) is 7.28. The number of benzene rings is 4. The first-order chi connectivity index (χ1) is 22.8. The van der Waals surface area contributed by atoms with E-state index in [0.29, 0.717) is 0 Å². The van der Waals surface area contributed by atoms with Crippen molar-refractivity contribution in [2.45, 2.75) is 85.8 Å². The second-order valence-electron chi connectivity index (χ2n) is 14.2. The third-order valence-electron chi connectivity index (χ3n) is 8.39. The van der Waals surface area contributed by atoms with Gasteiger partial charge in [-0.15, -0.1) is 0 Å². The van der Waals surface area contributed by atoms with Crippen LogP contribution in [0.1, 0.15) is 93.3 Å². The van der Waals surface area contributed by atoms with Crippen LogP contribution in [0.15, 0.2) is 108 Å². The van der Waals surface area contributed by atoms with E-state index in [1.165, 1.54) is 16.7 Å². The van der Waals surface area contributed by atoms with E-state index in [9.17, 15) is 9.59 Å². The number of nitrogens with zero attached hydrogens (tertiary/aromatic N) is 1. The van der Waals surface area contributed by atoms with E-state index in [1.54, 1.807) is 0 Å². The maximum Gasteiger partial charge on any atom is 0.407 e. The van der Waals surface area contributed by atoms with Gasteiger partial charge in [-0.05, 0) is 82.7 Å². The highest BCUT2D eigenvalue weighted by Gasteiger charge is 2.27. The normalized spacial score (nSPS) is 12.1. The van der Waals surface area contributed by atoms with Gasteiger partial charge in [0.1, 0.15) is 5.60 Å². The quantitative estimate of drug-likeness (QED) is 0.112. The van der Waals surface area contributed by atoms with Crippen molar-refractivity contribution in [3.63, 3.8) is 0 Å². The molecule has 0 aliphatic rings. The third-order valence-corrected chi connectivity index (χ3v) is 8.39. The van der Waals surface area contributed by atoms with E-state index in [1.807, 2.05) is 120 Å². The Balaban J connectivity index is 1.49. The number of unbranched alkanes of at least 4 members (excludes halogenated alkanes) is 1. The summed E-state index contributed by atoms with van der Waals surface area (Å²) in [5.74, 6) is -0.00130. The van der Waals surface area contributed by atoms with E-state index in [0.717, 1.165) is 53.8 Å². The van der Waals surface area contributed by atoms with Crippen molar-refractivity contribution >= 4 is 23.4 Å². The Labute approximate surface area is 287 Å². The predicted octanol–water partition coefficient (Wildman–Crippen LogP) is 9.78. The Hall–Kier alpha value is -4.71. The molecule has 2 N–H and O–H groups in total. The Morgan fingerprint density at radius 2 is 1.38 bits per heavy atom. The highest BCUT2D eigenvalue weighted by atomic mass is 16.6. The van der Waals surface area contributed by atoms with E-state index >= 15 is 0 Å². The minimum Gasteiger partial charge on any atom is -0.444 e. The summed E-state index contributed by atoms with van der Waals surface area (Å²) < 4.78 is 5.51. The van der Waals surface area contributed by atoms with Crippen LogP contribution < -0.4 is 10.6 Å². The molecule has 0 radical (unpaired) electrons. The van der Waals surface area contributed by atoms with Crippen molar-refractivity contribution in [3.8, 4) is 0 Å². The van der Waals surface area contributed by atoms with Gasteiger partial charge in [-0.2, -0.15) is 0 Å². The van der Waals surface area contributed by atoms with Gasteiger partial charge in [-0.1, -0.05) is 117 Å². The lowest BCUT2D eigenvalue weighted by Crippen LogP contribution is -2.34. The van der Waals surface area contributed by atoms with Crippen molar-refractivity contribution in [1.82, 2.24) is 5.32 Å². The van der Waals surface area contributed by atoms with E-state index in [-0.39, 0.29) is 12.5 Å². The Morgan fingerprint density at radius 3 is 1.96 bits per heavy atom. The van der Waals surface area contributed by atoms with Gasteiger partial charge in [0, 0.05) is 28.8 Å². The zero-order valence-corrected chi connectivity index (χ0v) is 29.6. The summed E-state index contributed by atoms with van der Waals surface area (Å²) >= 11 is 0. The molecule has 6 nitrogen and oxygen atoms in total. The van der Waals surface area contributed by atoms with Crippen LogP contribution in [-0.4, -0.2) is 29.9 Å². The fourth-order valence-electron chi connectivity index (χ4n) is 5.55. The van der Waals surface area contributed by atoms with Crippen LogP contribution in [0.4, 0.5) is 10.5 Å². The van der Waals surface area contributed by atoms with Crippen molar-refractivity contribution < 1.29 is 14.3 Å². The highest BCUT2D eigenvalue weighted by molar-refractivity contribution is 6.13.